The fourth-order valence-corrected chi connectivity index (χ4v) is 1.78. The van der Waals surface area contributed by atoms with Gasteiger partial charge in [-0.05, 0) is 18.2 Å². The lowest BCUT2D eigenvalue weighted by Crippen LogP contribution is -2.43. The Morgan fingerprint density at radius 2 is 2.00 bits per heavy atom. The minimum atomic E-state index is -0.356. The highest BCUT2D eigenvalue weighted by Gasteiger charge is 2.14. The molecule has 1 aromatic carbocycles. The summed E-state index contributed by atoms with van der Waals surface area (Å²) < 4.78 is 12.9. The molecule has 2 rings (SSSR count). The number of rotatable bonds is 1. The molecule has 1 fully saturated rings. The van der Waals surface area contributed by atoms with Crippen LogP contribution in [0.3, 0.4) is 0 Å². The van der Waals surface area contributed by atoms with Crippen molar-refractivity contribution >= 4 is 18.1 Å². The van der Waals surface area contributed by atoms with E-state index in [-0.39, 0.29) is 18.2 Å². The molecule has 16 heavy (non-hydrogen) atoms. The van der Waals surface area contributed by atoms with Crippen molar-refractivity contribution in [2.24, 2.45) is 0 Å². The third-order valence-corrected chi connectivity index (χ3v) is 2.54. The maximum Gasteiger partial charge on any atom is 0.124 e. The molecule has 0 saturated carbocycles. The normalized spacial score (nSPS) is 15.1. The standard InChI is InChI=1S/C11H12FN3.ClH/c12-10-1-2-11(9(7-10)8-13)15-5-3-14-4-6-15;/h1-2,7,14H,3-6H2;1H. The van der Waals surface area contributed by atoms with E-state index in [9.17, 15) is 4.39 Å². The van der Waals surface area contributed by atoms with Crippen molar-refractivity contribution in [1.29, 1.82) is 5.26 Å². The summed E-state index contributed by atoms with van der Waals surface area (Å²) in [4.78, 5) is 2.11. The Labute approximate surface area is 100 Å². The molecule has 0 unspecified atom stereocenters. The highest BCUT2D eigenvalue weighted by Crippen LogP contribution is 2.21. The number of halogens is 2. The molecule has 0 spiro atoms. The average Bonchev–Trinajstić information content (AvgIpc) is 2.30. The lowest BCUT2D eigenvalue weighted by molar-refractivity contribution is 0.587. The number of nitrogens with one attached hydrogen (secondary N) is 1. The van der Waals surface area contributed by atoms with E-state index in [0.717, 1.165) is 31.9 Å². The van der Waals surface area contributed by atoms with Gasteiger partial charge in [-0.3, -0.25) is 0 Å². The lowest BCUT2D eigenvalue weighted by atomic mass is 10.1. The lowest BCUT2D eigenvalue weighted by Gasteiger charge is -2.30. The molecule has 0 amide bonds. The molecule has 0 radical (unpaired) electrons. The van der Waals surface area contributed by atoms with Gasteiger partial charge in [-0.25, -0.2) is 4.39 Å². The molecule has 86 valence electrons. The highest BCUT2D eigenvalue weighted by molar-refractivity contribution is 5.85. The van der Waals surface area contributed by atoms with E-state index in [1.165, 1.54) is 12.1 Å². The van der Waals surface area contributed by atoms with E-state index in [4.69, 9.17) is 5.26 Å². The third-order valence-electron chi connectivity index (χ3n) is 2.54. The molecular weight excluding hydrogens is 229 g/mol. The molecule has 1 saturated heterocycles. The van der Waals surface area contributed by atoms with Crippen molar-refractivity contribution in [1.82, 2.24) is 5.32 Å². The highest BCUT2D eigenvalue weighted by atomic mass is 35.5. The van der Waals surface area contributed by atoms with Crippen LogP contribution in [0.15, 0.2) is 18.2 Å². The Kier molecular flexibility index (Phi) is 4.53. The maximum atomic E-state index is 12.9. The molecule has 5 heteroatoms. The molecule has 0 atom stereocenters. The van der Waals surface area contributed by atoms with Crippen molar-refractivity contribution < 1.29 is 4.39 Å². The Morgan fingerprint density at radius 1 is 1.31 bits per heavy atom. The van der Waals surface area contributed by atoms with Crippen LogP contribution in [0, 0.1) is 17.1 Å². The first-order valence-corrected chi connectivity index (χ1v) is 4.96. The number of hydrogen-bond acceptors (Lipinski definition) is 3. The molecule has 0 aliphatic carbocycles. The summed E-state index contributed by atoms with van der Waals surface area (Å²) in [5.41, 5.74) is 1.25. The minimum absolute atomic E-state index is 0. The van der Waals surface area contributed by atoms with Gasteiger partial charge in [0.15, 0.2) is 0 Å². The Hall–Kier alpha value is -1.31. The molecule has 1 N–H and O–H groups in total. The van der Waals surface area contributed by atoms with E-state index in [1.807, 2.05) is 6.07 Å². The Bertz CT molecular complexity index is 397. The molecule has 1 heterocycles. The summed E-state index contributed by atoms with van der Waals surface area (Å²) >= 11 is 0. The van der Waals surface area contributed by atoms with Crippen LogP contribution in [0.5, 0.6) is 0 Å². The van der Waals surface area contributed by atoms with Gasteiger partial charge >= 0.3 is 0 Å². The second-order valence-corrected chi connectivity index (χ2v) is 3.51. The number of benzene rings is 1. The molecule has 0 bridgehead atoms. The summed E-state index contributed by atoms with van der Waals surface area (Å²) in [6.07, 6.45) is 0. The predicted octanol–water partition coefficient (Wildman–Crippen LogP) is 1.53. The summed E-state index contributed by atoms with van der Waals surface area (Å²) in [5, 5.41) is 12.1. The third kappa shape index (κ3) is 2.63. The molecule has 0 aromatic heterocycles. The zero-order valence-electron chi connectivity index (χ0n) is 8.74. The maximum absolute atomic E-state index is 12.9. The topological polar surface area (TPSA) is 39.1 Å². The first-order chi connectivity index (χ1) is 7.31. The van der Waals surface area contributed by atoms with Crippen LogP contribution in [-0.4, -0.2) is 26.2 Å². The summed E-state index contributed by atoms with van der Waals surface area (Å²) in [6.45, 7) is 3.53. The van der Waals surface area contributed by atoms with Gasteiger partial charge in [0.2, 0.25) is 0 Å². The molecule has 1 aromatic rings. The van der Waals surface area contributed by atoms with Crippen LogP contribution in [0.4, 0.5) is 10.1 Å². The summed E-state index contributed by atoms with van der Waals surface area (Å²) in [5.74, 6) is -0.356. The first kappa shape index (κ1) is 12.8. The SMILES string of the molecule is Cl.N#Cc1cc(F)ccc1N1CCNCC1. The van der Waals surface area contributed by atoms with Gasteiger partial charge in [0.1, 0.15) is 11.9 Å². The van der Waals surface area contributed by atoms with Crippen molar-refractivity contribution in [2.45, 2.75) is 0 Å². The van der Waals surface area contributed by atoms with Gasteiger partial charge in [0, 0.05) is 26.2 Å². The molecule has 3 nitrogen and oxygen atoms in total. The number of nitrogens with zero attached hydrogens (tertiary/aromatic N) is 2. The number of anilines is 1. The van der Waals surface area contributed by atoms with Gasteiger partial charge in [0.05, 0.1) is 11.3 Å². The number of nitriles is 1. The van der Waals surface area contributed by atoms with Crippen LogP contribution in [-0.2, 0) is 0 Å². The fraction of sp³-hybridized carbons (Fsp3) is 0.364. The van der Waals surface area contributed by atoms with Crippen LogP contribution in [0.2, 0.25) is 0 Å². The van der Waals surface area contributed by atoms with Gasteiger partial charge < -0.3 is 10.2 Å². The van der Waals surface area contributed by atoms with Gasteiger partial charge in [-0.15, -0.1) is 12.4 Å². The van der Waals surface area contributed by atoms with E-state index < -0.39 is 0 Å². The average molecular weight is 242 g/mol. The van der Waals surface area contributed by atoms with Crippen molar-refractivity contribution in [3.8, 4) is 6.07 Å². The molecule has 1 aliphatic rings. The van der Waals surface area contributed by atoms with Gasteiger partial charge in [-0.2, -0.15) is 5.26 Å². The summed E-state index contributed by atoms with van der Waals surface area (Å²) in [7, 11) is 0. The van der Waals surface area contributed by atoms with E-state index in [0.29, 0.717) is 5.56 Å². The molecular formula is C11H13ClFN3. The second-order valence-electron chi connectivity index (χ2n) is 3.51. The smallest absolute Gasteiger partial charge is 0.124 e. The van der Waals surface area contributed by atoms with Gasteiger partial charge in [-0.1, -0.05) is 0 Å². The van der Waals surface area contributed by atoms with E-state index in [1.54, 1.807) is 6.07 Å². The number of hydrogen-bond donors (Lipinski definition) is 1. The summed E-state index contributed by atoms with van der Waals surface area (Å²) in [6, 6.07) is 6.40. The van der Waals surface area contributed by atoms with E-state index in [2.05, 4.69) is 10.2 Å². The van der Waals surface area contributed by atoms with Crippen LogP contribution in [0.25, 0.3) is 0 Å². The zero-order valence-corrected chi connectivity index (χ0v) is 9.56. The quantitative estimate of drug-likeness (QED) is 0.811. The van der Waals surface area contributed by atoms with Crippen molar-refractivity contribution in [3.63, 3.8) is 0 Å². The van der Waals surface area contributed by atoms with Gasteiger partial charge in [0.25, 0.3) is 0 Å². The second kappa shape index (κ2) is 5.69. The van der Waals surface area contributed by atoms with Crippen LogP contribution >= 0.6 is 12.4 Å². The predicted molar refractivity (Wildman–Crippen MR) is 63.4 cm³/mol. The molecule has 1 aliphatic heterocycles. The number of piperazine rings is 1. The fourth-order valence-electron chi connectivity index (χ4n) is 1.78. The monoisotopic (exact) mass is 241 g/mol. The Morgan fingerprint density at radius 3 is 2.62 bits per heavy atom. The van der Waals surface area contributed by atoms with E-state index >= 15 is 0 Å². The van der Waals surface area contributed by atoms with Crippen molar-refractivity contribution in [3.05, 3.63) is 29.6 Å². The van der Waals surface area contributed by atoms with Crippen LogP contribution in [0.1, 0.15) is 5.56 Å². The van der Waals surface area contributed by atoms with Crippen LogP contribution < -0.4 is 10.2 Å². The van der Waals surface area contributed by atoms with Crippen molar-refractivity contribution in [2.75, 3.05) is 31.1 Å². The first-order valence-electron chi connectivity index (χ1n) is 4.96. The zero-order chi connectivity index (χ0) is 10.7. The Balaban J connectivity index is 0.00000128. The minimum Gasteiger partial charge on any atom is -0.368 e. The largest absolute Gasteiger partial charge is 0.368 e.